The summed E-state index contributed by atoms with van der Waals surface area (Å²) in [5, 5.41) is 11.2. The monoisotopic (exact) mass is 191 g/mol. The lowest BCUT2D eigenvalue weighted by molar-refractivity contribution is -0.156. The van der Waals surface area contributed by atoms with E-state index in [1.54, 1.807) is 0 Å². The van der Waals surface area contributed by atoms with E-state index in [1.165, 1.54) is 0 Å². The summed E-state index contributed by atoms with van der Waals surface area (Å²) in [6, 6.07) is -1.70. The molecule has 3 rings (SSSR count). The SMILES string of the molecule is O=C(O)[C@H]1N[C@@H]2CC[C@H]1CC2(F)F. The number of alkyl halides is 2. The van der Waals surface area contributed by atoms with Crippen molar-refractivity contribution < 1.29 is 18.7 Å². The molecule has 2 saturated heterocycles. The van der Waals surface area contributed by atoms with Gasteiger partial charge in [-0.1, -0.05) is 0 Å². The summed E-state index contributed by atoms with van der Waals surface area (Å²) in [7, 11) is 0. The zero-order valence-electron chi connectivity index (χ0n) is 6.96. The van der Waals surface area contributed by atoms with Gasteiger partial charge >= 0.3 is 5.97 Å². The molecule has 0 amide bonds. The molecule has 3 aliphatic rings. The third kappa shape index (κ3) is 1.31. The number of rotatable bonds is 1. The molecule has 2 heterocycles. The van der Waals surface area contributed by atoms with Crippen molar-refractivity contribution in [3.63, 3.8) is 0 Å². The van der Waals surface area contributed by atoms with Gasteiger partial charge in [-0.3, -0.25) is 10.1 Å². The lowest BCUT2D eigenvalue weighted by atomic mass is 9.74. The molecular formula is C8H11F2NO2. The van der Waals surface area contributed by atoms with E-state index in [2.05, 4.69) is 5.32 Å². The molecule has 13 heavy (non-hydrogen) atoms. The van der Waals surface area contributed by atoms with Crippen LogP contribution in [-0.4, -0.2) is 29.1 Å². The normalized spacial score (nSPS) is 41.8. The van der Waals surface area contributed by atoms with Crippen molar-refractivity contribution >= 4 is 5.97 Å². The molecule has 5 heteroatoms. The summed E-state index contributed by atoms with van der Waals surface area (Å²) in [6.07, 6.45) is 0.716. The van der Waals surface area contributed by atoms with Crippen LogP contribution < -0.4 is 5.32 Å². The fourth-order valence-corrected chi connectivity index (χ4v) is 2.30. The number of halogens is 2. The van der Waals surface area contributed by atoms with Gasteiger partial charge in [-0.15, -0.1) is 0 Å². The smallest absolute Gasteiger partial charge is 0.320 e. The molecule has 0 aromatic rings. The van der Waals surface area contributed by atoms with Crippen molar-refractivity contribution in [1.29, 1.82) is 0 Å². The Morgan fingerprint density at radius 2 is 2.15 bits per heavy atom. The molecule has 1 saturated carbocycles. The first kappa shape index (κ1) is 8.87. The largest absolute Gasteiger partial charge is 0.480 e. The van der Waals surface area contributed by atoms with Crippen LogP contribution in [0, 0.1) is 5.92 Å². The molecule has 2 aliphatic heterocycles. The van der Waals surface area contributed by atoms with Crippen LogP contribution in [0.5, 0.6) is 0 Å². The summed E-state index contributed by atoms with van der Waals surface area (Å²) in [6.45, 7) is 0. The highest BCUT2D eigenvalue weighted by Gasteiger charge is 2.54. The lowest BCUT2D eigenvalue weighted by Gasteiger charge is -2.46. The van der Waals surface area contributed by atoms with Crippen molar-refractivity contribution in [1.82, 2.24) is 5.32 Å². The van der Waals surface area contributed by atoms with Gasteiger partial charge in [0.2, 0.25) is 0 Å². The number of carboxylic acid groups (broad SMARTS) is 1. The van der Waals surface area contributed by atoms with Crippen molar-refractivity contribution in [2.75, 3.05) is 0 Å². The van der Waals surface area contributed by atoms with E-state index in [0.29, 0.717) is 12.8 Å². The van der Waals surface area contributed by atoms with Gasteiger partial charge in [0.1, 0.15) is 6.04 Å². The maximum atomic E-state index is 13.1. The van der Waals surface area contributed by atoms with Crippen LogP contribution in [-0.2, 0) is 4.79 Å². The zero-order chi connectivity index (χ0) is 9.64. The summed E-state index contributed by atoms with van der Waals surface area (Å²) < 4.78 is 26.2. The van der Waals surface area contributed by atoms with Gasteiger partial charge in [0.15, 0.2) is 0 Å². The minimum Gasteiger partial charge on any atom is -0.480 e. The van der Waals surface area contributed by atoms with Crippen LogP contribution in [0.2, 0.25) is 0 Å². The van der Waals surface area contributed by atoms with E-state index in [0.717, 1.165) is 0 Å². The Bertz CT molecular complexity index is 244. The molecule has 3 nitrogen and oxygen atoms in total. The van der Waals surface area contributed by atoms with Gasteiger partial charge < -0.3 is 5.11 Å². The van der Waals surface area contributed by atoms with E-state index in [9.17, 15) is 13.6 Å². The molecular weight excluding hydrogens is 180 g/mol. The topological polar surface area (TPSA) is 49.3 Å². The number of hydrogen-bond donors (Lipinski definition) is 2. The first-order valence-corrected chi connectivity index (χ1v) is 4.37. The Hall–Kier alpha value is -0.710. The Kier molecular flexibility index (Phi) is 1.80. The van der Waals surface area contributed by atoms with E-state index >= 15 is 0 Å². The molecule has 74 valence electrons. The minimum atomic E-state index is -2.71. The average molecular weight is 191 g/mol. The van der Waals surface area contributed by atoms with Gasteiger partial charge in [0.25, 0.3) is 5.92 Å². The van der Waals surface area contributed by atoms with Gasteiger partial charge in [-0.05, 0) is 18.8 Å². The molecule has 0 radical (unpaired) electrons. The maximum Gasteiger partial charge on any atom is 0.320 e. The summed E-state index contributed by atoms with van der Waals surface area (Å²) in [4.78, 5) is 10.6. The summed E-state index contributed by atoms with van der Waals surface area (Å²) in [5.41, 5.74) is 0. The van der Waals surface area contributed by atoms with Crippen molar-refractivity contribution in [3.8, 4) is 0 Å². The number of nitrogens with one attached hydrogen (secondary N) is 1. The van der Waals surface area contributed by atoms with E-state index in [4.69, 9.17) is 5.11 Å². The molecule has 0 aromatic carbocycles. The Labute approximate surface area is 74.1 Å². The fraction of sp³-hybridized carbons (Fsp3) is 0.875. The second-order valence-corrected chi connectivity index (χ2v) is 3.84. The molecule has 2 N–H and O–H groups in total. The quantitative estimate of drug-likeness (QED) is 0.646. The van der Waals surface area contributed by atoms with Gasteiger partial charge in [-0.25, -0.2) is 8.78 Å². The molecule has 2 bridgehead atoms. The molecule has 0 aromatic heterocycles. The highest BCUT2D eigenvalue weighted by Crippen LogP contribution is 2.42. The minimum absolute atomic E-state index is 0.276. The Morgan fingerprint density at radius 3 is 2.54 bits per heavy atom. The van der Waals surface area contributed by atoms with Crippen molar-refractivity contribution in [2.45, 2.75) is 37.3 Å². The van der Waals surface area contributed by atoms with Gasteiger partial charge in [0, 0.05) is 6.42 Å². The number of hydrogen-bond acceptors (Lipinski definition) is 2. The van der Waals surface area contributed by atoms with Gasteiger partial charge in [-0.2, -0.15) is 0 Å². The second kappa shape index (κ2) is 2.64. The second-order valence-electron chi connectivity index (χ2n) is 3.84. The molecule has 1 aliphatic carbocycles. The van der Waals surface area contributed by atoms with E-state index in [1.807, 2.05) is 0 Å². The first-order valence-electron chi connectivity index (χ1n) is 4.37. The third-order valence-electron chi connectivity index (χ3n) is 2.99. The highest BCUT2D eigenvalue weighted by atomic mass is 19.3. The highest BCUT2D eigenvalue weighted by molar-refractivity contribution is 5.74. The number of fused-ring (bicyclic) bond motifs is 3. The number of aliphatic carboxylic acids is 1. The van der Waals surface area contributed by atoms with Crippen LogP contribution in [0.4, 0.5) is 8.78 Å². The number of carbonyl (C=O) groups is 1. The van der Waals surface area contributed by atoms with Crippen LogP contribution >= 0.6 is 0 Å². The van der Waals surface area contributed by atoms with Crippen molar-refractivity contribution in [3.05, 3.63) is 0 Å². The fourth-order valence-electron chi connectivity index (χ4n) is 2.30. The van der Waals surface area contributed by atoms with Gasteiger partial charge in [0.05, 0.1) is 6.04 Å². The standard InChI is InChI=1S/C8H11F2NO2/c9-8(10)3-4-1-2-5(8)11-6(4)7(12)13/h4-6,11H,1-3H2,(H,12,13)/t4-,5+,6-/m0/s1. The summed E-state index contributed by atoms with van der Waals surface area (Å²) >= 11 is 0. The molecule has 3 atom stereocenters. The number of carboxylic acids is 1. The van der Waals surface area contributed by atoms with Crippen molar-refractivity contribution in [2.24, 2.45) is 5.92 Å². The molecule has 3 fully saturated rings. The van der Waals surface area contributed by atoms with Crippen LogP contribution in [0.3, 0.4) is 0 Å². The lowest BCUT2D eigenvalue weighted by Crippen LogP contribution is -2.64. The Balaban J connectivity index is 2.16. The maximum absolute atomic E-state index is 13.1. The van der Waals surface area contributed by atoms with Crippen LogP contribution in [0.1, 0.15) is 19.3 Å². The van der Waals surface area contributed by atoms with Crippen LogP contribution in [0.25, 0.3) is 0 Å². The third-order valence-corrected chi connectivity index (χ3v) is 2.99. The Morgan fingerprint density at radius 1 is 1.46 bits per heavy atom. The summed E-state index contributed by atoms with van der Waals surface area (Å²) in [5.74, 6) is -4.13. The predicted octanol–water partition coefficient (Wildman–Crippen LogP) is 0.847. The van der Waals surface area contributed by atoms with E-state index < -0.39 is 29.9 Å². The predicted molar refractivity (Wildman–Crippen MR) is 40.6 cm³/mol. The average Bonchev–Trinajstić information content (AvgIpc) is 2.02. The van der Waals surface area contributed by atoms with Crippen LogP contribution in [0.15, 0.2) is 0 Å². The zero-order valence-corrected chi connectivity index (χ0v) is 6.96. The molecule has 0 spiro atoms. The van der Waals surface area contributed by atoms with E-state index in [-0.39, 0.29) is 6.42 Å². The number of piperidine rings is 2. The molecule has 0 unspecified atom stereocenters. The first-order chi connectivity index (χ1) is 6.00.